The predicted octanol–water partition coefficient (Wildman–Crippen LogP) is 0.706. The highest BCUT2D eigenvalue weighted by atomic mass is 16.4. The molecule has 0 unspecified atom stereocenters. The van der Waals surface area contributed by atoms with Gasteiger partial charge in [-0.1, -0.05) is 42.5 Å². The Kier molecular flexibility index (Phi) is 5.02. The number of carboxylic acid groups (broad SMARTS) is 2. The number of aliphatic carboxylic acids is 2. The van der Waals surface area contributed by atoms with Crippen LogP contribution < -0.4 is 11.0 Å². The molecular formula is C18H16N4O5. The number of carboxylic acids is 2. The van der Waals surface area contributed by atoms with Crippen molar-refractivity contribution >= 4 is 28.9 Å². The maximum atomic E-state index is 12.3. The van der Waals surface area contributed by atoms with Crippen LogP contribution in [0.2, 0.25) is 0 Å². The lowest BCUT2D eigenvalue weighted by Crippen LogP contribution is -2.36. The first-order chi connectivity index (χ1) is 13.0. The molecule has 27 heavy (non-hydrogen) atoms. The van der Waals surface area contributed by atoms with Crippen LogP contribution in [0.3, 0.4) is 0 Å². The molecule has 0 fully saturated rings. The Morgan fingerprint density at radius 3 is 2.19 bits per heavy atom. The second kappa shape index (κ2) is 7.56. The van der Waals surface area contributed by atoms with Gasteiger partial charge >= 0.3 is 17.8 Å². The molecule has 0 radical (unpaired) electrons. The lowest BCUT2D eigenvalue weighted by Gasteiger charge is -2.06. The minimum Gasteiger partial charge on any atom is -0.480 e. The van der Waals surface area contributed by atoms with E-state index in [-0.39, 0.29) is 5.62 Å². The molecule has 0 aliphatic rings. The van der Waals surface area contributed by atoms with E-state index in [4.69, 9.17) is 5.11 Å². The first-order valence-corrected chi connectivity index (χ1v) is 7.99. The van der Waals surface area contributed by atoms with E-state index in [1.807, 2.05) is 30.3 Å². The molecular weight excluding hydrogens is 352 g/mol. The number of imidazole rings is 1. The van der Waals surface area contributed by atoms with Crippen molar-refractivity contribution in [3.05, 3.63) is 65.8 Å². The number of benzene rings is 2. The standard InChI is InChI=1S/C18H16N4O5/c23-15(24)10-19-20-18-21(11-12-6-2-1-3-7-12)13-8-4-5-9-14(13)22(18)16(25)17(26)27/h1-9,19H,10-11H2,(H,23,24)(H,26,27)/b20-18-. The van der Waals surface area contributed by atoms with Gasteiger partial charge in [0.1, 0.15) is 6.54 Å². The van der Waals surface area contributed by atoms with Crippen LogP contribution in [-0.2, 0) is 16.1 Å². The fourth-order valence-corrected chi connectivity index (χ4v) is 2.72. The molecule has 3 aromatic rings. The highest BCUT2D eigenvalue weighted by molar-refractivity contribution is 6.33. The van der Waals surface area contributed by atoms with Gasteiger partial charge in [-0.25, -0.2) is 9.36 Å². The monoisotopic (exact) mass is 368 g/mol. The number of hydrogen-bond acceptors (Lipinski definition) is 5. The number of para-hydroxylation sites is 2. The molecule has 0 spiro atoms. The number of fused-ring (bicyclic) bond motifs is 1. The highest BCUT2D eigenvalue weighted by Crippen LogP contribution is 2.14. The minimum absolute atomic E-state index is 0.00583. The first-order valence-electron chi connectivity index (χ1n) is 7.99. The van der Waals surface area contributed by atoms with E-state index < -0.39 is 24.4 Å². The summed E-state index contributed by atoms with van der Waals surface area (Å²) in [6.45, 7) is -0.164. The van der Waals surface area contributed by atoms with Gasteiger partial charge in [0.2, 0.25) is 5.62 Å². The van der Waals surface area contributed by atoms with Gasteiger partial charge in [-0.15, -0.1) is 5.10 Å². The third-order valence-electron chi connectivity index (χ3n) is 3.83. The molecule has 0 saturated heterocycles. The van der Waals surface area contributed by atoms with Crippen LogP contribution in [0.1, 0.15) is 10.4 Å². The average molecular weight is 368 g/mol. The summed E-state index contributed by atoms with van der Waals surface area (Å²) in [5, 5.41) is 22.0. The summed E-state index contributed by atoms with van der Waals surface area (Å²) in [4.78, 5) is 34.4. The summed E-state index contributed by atoms with van der Waals surface area (Å²) in [6.07, 6.45) is 0. The Morgan fingerprint density at radius 2 is 1.56 bits per heavy atom. The topological polar surface area (TPSA) is 126 Å². The van der Waals surface area contributed by atoms with E-state index in [1.165, 1.54) is 0 Å². The van der Waals surface area contributed by atoms with Crippen molar-refractivity contribution in [3.8, 4) is 0 Å². The van der Waals surface area contributed by atoms with Gasteiger partial charge in [0.25, 0.3) is 0 Å². The summed E-state index contributed by atoms with van der Waals surface area (Å²) in [5.41, 5.74) is 4.21. The number of nitrogens with one attached hydrogen (secondary N) is 1. The summed E-state index contributed by atoms with van der Waals surface area (Å²) >= 11 is 0. The van der Waals surface area contributed by atoms with Crippen molar-refractivity contribution in [3.63, 3.8) is 0 Å². The molecule has 9 nitrogen and oxygen atoms in total. The molecule has 2 aromatic carbocycles. The van der Waals surface area contributed by atoms with Gasteiger partial charge in [0, 0.05) is 0 Å². The zero-order valence-corrected chi connectivity index (χ0v) is 14.1. The number of hydrogen-bond donors (Lipinski definition) is 3. The third kappa shape index (κ3) is 3.71. The van der Waals surface area contributed by atoms with Crippen molar-refractivity contribution in [2.24, 2.45) is 5.10 Å². The van der Waals surface area contributed by atoms with Crippen LogP contribution in [0, 0.1) is 0 Å². The predicted molar refractivity (Wildman–Crippen MR) is 94.9 cm³/mol. The van der Waals surface area contributed by atoms with Crippen molar-refractivity contribution in [1.82, 2.24) is 14.6 Å². The van der Waals surface area contributed by atoms with E-state index >= 15 is 0 Å². The number of rotatable bonds is 5. The smallest absolute Gasteiger partial charge is 0.395 e. The Hall–Kier alpha value is -3.88. The second-order valence-corrected chi connectivity index (χ2v) is 5.65. The second-order valence-electron chi connectivity index (χ2n) is 5.65. The SMILES string of the molecule is O=C(O)CN/N=c1/n(Cc2ccccc2)c2ccccc2n1C(=O)C(=O)O. The summed E-state index contributed by atoms with van der Waals surface area (Å²) < 4.78 is 2.61. The normalized spacial score (nSPS) is 11.5. The number of carbonyl (C=O) groups excluding carboxylic acids is 1. The quantitative estimate of drug-likeness (QED) is 0.450. The first kappa shape index (κ1) is 17.9. The molecule has 0 bridgehead atoms. The van der Waals surface area contributed by atoms with Gasteiger partial charge in [-0.05, 0) is 17.7 Å². The van der Waals surface area contributed by atoms with Crippen LogP contribution >= 0.6 is 0 Å². The molecule has 138 valence electrons. The van der Waals surface area contributed by atoms with Gasteiger partial charge in [-0.2, -0.15) is 0 Å². The largest absolute Gasteiger partial charge is 0.480 e. The average Bonchev–Trinajstić information content (AvgIpc) is 2.95. The molecule has 3 N–H and O–H groups in total. The van der Waals surface area contributed by atoms with Gasteiger partial charge in [0.15, 0.2) is 0 Å². The van der Waals surface area contributed by atoms with Gasteiger partial charge in [-0.3, -0.25) is 15.0 Å². The van der Waals surface area contributed by atoms with E-state index in [2.05, 4.69) is 10.5 Å². The van der Waals surface area contributed by atoms with E-state index in [9.17, 15) is 19.5 Å². The van der Waals surface area contributed by atoms with Crippen LogP contribution in [0.15, 0.2) is 59.7 Å². The maximum absolute atomic E-state index is 12.3. The number of nitrogens with zero attached hydrogens (tertiary/aromatic N) is 3. The molecule has 0 atom stereocenters. The van der Waals surface area contributed by atoms with E-state index in [0.29, 0.717) is 17.6 Å². The number of carbonyl (C=O) groups is 3. The van der Waals surface area contributed by atoms with Crippen molar-refractivity contribution in [1.29, 1.82) is 0 Å². The molecule has 0 aliphatic heterocycles. The van der Waals surface area contributed by atoms with E-state index in [0.717, 1.165) is 10.1 Å². The van der Waals surface area contributed by atoms with Crippen LogP contribution in [0.4, 0.5) is 0 Å². The number of aromatic nitrogens is 2. The molecule has 9 heteroatoms. The van der Waals surface area contributed by atoms with Gasteiger partial charge in [0.05, 0.1) is 17.6 Å². The Morgan fingerprint density at radius 1 is 0.926 bits per heavy atom. The zero-order valence-electron chi connectivity index (χ0n) is 14.1. The van der Waals surface area contributed by atoms with Crippen molar-refractivity contribution in [2.45, 2.75) is 6.54 Å². The van der Waals surface area contributed by atoms with Crippen LogP contribution in [-0.4, -0.2) is 43.7 Å². The third-order valence-corrected chi connectivity index (χ3v) is 3.83. The molecule has 3 rings (SSSR count). The maximum Gasteiger partial charge on any atom is 0.395 e. The van der Waals surface area contributed by atoms with Gasteiger partial charge < -0.3 is 14.8 Å². The molecule has 1 aromatic heterocycles. The molecule has 1 heterocycles. The summed E-state index contributed by atoms with van der Waals surface area (Å²) in [5.74, 6) is -3.97. The van der Waals surface area contributed by atoms with Crippen LogP contribution in [0.25, 0.3) is 11.0 Å². The fraction of sp³-hybridized carbons (Fsp3) is 0.111. The molecule has 0 aliphatic carbocycles. The minimum atomic E-state index is -1.64. The van der Waals surface area contributed by atoms with Crippen molar-refractivity contribution < 1.29 is 24.6 Å². The molecule has 0 amide bonds. The highest BCUT2D eigenvalue weighted by Gasteiger charge is 2.22. The Labute approximate surface area is 152 Å². The lowest BCUT2D eigenvalue weighted by molar-refractivity contribution is -0.136. The van der Waals surface area contributed by atoms with E-state index in [1.54, 1.807) is 28.8 Å². The fourth-order valence-electron chi connectivity index (χ4n) is 2.72. The van der Waals surface area contributed by atoms with Crippen molar-refractivity contribution in [2.75, 3.05) is 6.54 Å². The molecule has 0 saturated carbocycles. The lowest BCUT2D eigenvalue weighted by atomic mass is 10.2. The van der Waals surface area contributed by atoms with Crippen LogP contribution in [0.5, 0.6) is 0 Å². The zero-order chi connectivity index (χ0) is 19.4. The summed E-state index contributed by atoms with van der Waals surface area (Å²) in [6, 6.07) is 16.1. The Balaban J connectivity index is 2.26. The summed E-state index contributed by atoms with van der Waals surface area (Å²) in [7, 11) is 0. The Bertz CT molecular complexity index is 1080.